The van der Waals surface area contributed by atoms with Gasteiger partial charge in [-0.15, -0.1) is 11.6 Å². The fraction of sp³-hybridized carbons (Fsp3) is 0.176. The molecule has 3 nitrogen and oxygen atoms in total. The Kier molecular flexibility index (Phi) is 5.52. The van der Waals surface area contributed by atoms with Crippen molar-refractivity contribution in [1.82, 2.24) is 0 Å². The van der Waals surface area contributed by atoms with Crippen molar-refractivity contribution in [2.75, 3.05) is 5.88 Å². The van der Waals surface area contributed by atoms with Crippen LogP contribution in [0.5, 0.6) is 0 Å². The lowest BCUT2D eigenvalue weighted by molar-refractivity contribution is -0.157. The number of halogens is 1. The van der Waals surface area contributed by atoms with E-state index in [-0.39, 0.29) is 18.2 Å². The fourth-order valence-corrected chi connectivity index (χ4v) is 2.22. The van der Waals surface area contributed by atoms with Crippen LogP contribution in [-0.2, 0) is 14.3 Å². The quantitative estimate of drug-likeness (QED) is 0.482. The summed E-state index contributed by atoms with van der Waals surface area (Å²) < 4.78 is 4.66. The summed E-state index contributed by atoms with van der Waals surface area (Å²) in [4.78, 5) is 23.0. The minimum atomic E-state index is -0.721. The molecule has 0 spiro atoms. The largest absolute Gasteiger partial charge is 0.392 e. The number of ether oxygens (including phenoxy) is 1. The Morgan fingerprint density at radius 2 is 1.33 bits per heavy atom. The number of esters is 2. The van der Waals surface area contributed by atoms with E-state index in [2.05, 4.69) is 4.74 Å². The average Bonchev–Trinajstić information content (AvgIpc) is 2.54. The van der Waals surface area contributed by atoms with Crippen LogP contribution in [0.25, 0.3) is 0 Å². The lowest BCUT2D eigenvalue weighted by Gasteiger charge is -2.16. The van der Waals surface area contributed by atoms with Gasteiger partial charge in [-0.05, 0) is 11.1 Å². The Balaban J connectivity index is 2.21. The topological polar surface area (TPSA) is 43.4 Å². The van der Waals surface area contributed by atoms with E-state index in [0.29, 0.717) is 0 Å². The van der Waals surface area contributed by atoms with Crippen molar-refractivity contribution < 1.29 is 14.3 Å². The molecular weight excluding hydrogens is 288 g/mol. The lowest BCUT2D eigenvalue weighted by atomic mass is 9.89. The zero-order chi connectivity index (χ0) is 15.1. The zero-order valence-corrected chi connectivity index (χ0v) is 12.1. The molecule has 0 aromatic heterocycles. The number of benzene rings is 2. The van der Waals surface area contributed by atoms with Crippen LogP contribution in [0.3, 0.4) is 0 Å². The van der Waals surface area contributed by atoms with E-state index >= 15 is 0 Å². The van der Waals surface area contributed by atoms with E-state index in [1.165, 1.54) is 0 Å². The fourth-order valence-electron chi connectivity index (χ4n) is 2.16. The van der Waals surface area contributed by atoms with Gasteiger partial charge in [0.05, 0.1) is 6.42 Å². The minimum Gasteiger partial charge on any atom is -0.392 e. The van der Waals surface area contributed by atoms with Crippen LogP contribution < -0.4 is 0 Å². The van der Waals surface area contributed by atoms with Crippen molar-refractivity contribution in [2.24, 2.45) is 0 Å². The zero-order valence-electron chi connectivity index (χ0n) is 11.4. The van der Waals surface area contributed by atoms with E-state index in [1.807, 2.05) is 60.7 Å². The molecule has 2 aromatic carbocycles. The van der Waals surface area contributed by atoms with Gasteiger partial charge in [-0.1, -0.05) is 60.7 Å². The molecule has 0 bridgehead atoms. The van der Waals surface area contributed by atoms with Crippen molar-refractivity contribution in [3.05, 3.63) is 71.8 Å². The summed E-state index contributed by atoms with van der Waals surface area (Å²) in [5, 5.41) is 0. The van der Waals surface area contributed by atoms with E-state index in [1.54, 1.807) is 0 Å². The SMILES string of the molecule is O=C(CCl)OC(=O)CC(c1ccccc1)c1ccccc1. The number of rotatable bonds is 5. The second-order valence-electron chi connectivity index (χ2n) is 4.56. The van der Waals surface area contributed by atoms with Crippen LogP contribution in [0, 0.1) is 0 Å². The molecule has 0 aliphatic rings. The first kappa shape index (κ1) is 15.3. The van der Waals surface area contributed by atoms with E-state index in [9.17, 15) is 9.59 Å². The van der Waals surface area contributed by atoms with Gasteiger partial charge in [-0.2, -0.15) is 0 Å². The first-order valence-electron chi connectivity index (χ1n) is 6.60. The molecule has 0 heterocycles. The standard InChI is InChI=1S/C17H15ClO3/c18-12-17(20)21-16(19)11-15(13-7-3-1-4-8-13)14-9-5-2-6-10-14/h1-10,15H,11-12H2. The Morgan fingerprint density at radius 1 is 0.857 bits per heavy atom. The Labute approximate surface area is 128 Å². The molecule has 0 radical (unpaired) electrons. The highest BCUT2D eigenvalue weighted by Crippen LogP contribution is 2.28. The highest BCUT2D eigenvalue weighted by Gasteiger charge is 2.20. The van der Waals surface area contributed by atoms with Crippen molar-refractivity contribution >= 4 is 23.5 Å². The van der Waals surface area contributed by atoms with E-state index in [0.717, 1.165) is 11.1 Å². The Hall–Kier alpha value is -2.13. The summed E-state index contributed by atoms with van der Waals surface area (Å²) >= 11 is 5.34. The summed E-state index contributed by atoms with van der Waals surface area (Å²) in [5.74, 6) is -1.77. The van der Waals surface area contributed by atoms with Crippen molar-refractivity contribution in [2.45, 2.75) is 12.3 Å². The van der Waals surface area contributed by atoms with Gasteiger partial charge in [0.1, 0.15) is 5.88 Å². The predicted molar refractivity (Wildman–Crippen MR) is 81.2 cm³/mol. The van der Waals surface area contributed by atoms with Gasteiger partial charge in [0, 0.05) is 5.92 Å². The average molecular weight is 303 g/mol. The number of alkyl halides is 1. The monoisotopic (exact) mass is 302 g/mol. The maximum atomic E-state index is 11.9. The molecule has 0 fully saturated rings. The van der Waals surface area contributed by atoms with Gasteiger partial charge in [0.15, 0.2) is 0 Å². The molecule has 21 heavy (non-hydrogen) atoms. The number of hydrogen-bond acceptors (Lipinski definition) is 3. The molecular formula is C17H15ClO3. The number of hydrogen-bond donors (Lipinski definition) is 0. The second-order valence-corrected chi connectivity index (χ2v) is 4.83. The van der Waals surface area contributed by atoms with Crippen LogP contribution >= 0.6 is 11.6 Å². The molecule has 4 heteroatoms. The summed E-state index contributed by atoms with van der Waals surface area (Å²) in [7, 11) is 0. The number of carbonyl (C=O) groups is 2. The summed E-state index contributed by atoms with van der Waals surface area (Å²) in [5.41, 5.74) is 2.00. The van der Waals surface area contributed by atoms with E-state index < -0.39 is 11.9 Å². The second kappa shape index (κ2) is 7.60. The molecule has 2 aromatic rings. The number of carbonyl (C=O) groups excluding carboxylic acids is 2. The maximum Gasteiger partial charge on any atom is 0.328 e. The molecule has 0 atom stereocenters. The van der Waals surface area contributed by atoms with Gasteiger partial charge in [-0.3, -0.25) is 9.59 Å². The summed E-state index contributed by atoms with van der Waals surface area (Å²) in [6.45, 7) is 0. The predicted octanol–water partition coefficient (Wildman–Crippen LogP) is 3.52. The molecule has 0 unspecified atom stereocenters. The van der Waals surface area contributed by atoms with Gasteiger partial charge in [-0.25, -0.2) is 0 Å². The van der Waals surface area contributed by atoms with Crippen LogP contribution in [0.4, 0.5) is 0 Å². The molecule has 0 saturated heterocycles. The highest BCUT2D eigenvalue weighted by atomic mass is 35.5. The molecule has 0 aliphatic carbocycles. The van der Waals surface area contributed by atoms with Crippen molar-refractivity contribution in [3.8, 4) is 0 Å². The normalized spacial score (nSPS) is 10.4. The third-order valence-electron chi connectivity index (χ3n) is 3.11. The minimum absolute atomic E-state index is 0.0939. The van der Waals surface area contributed by atoms with Crippen LogP contribution in [-0.4, -0.2) is 17.8 Å². The van der Waals surface area contributed by atoms with Crippen LogP contribution in [0.15, 0.2) is 60.7 Å². The molecule has 0 saturated carbocycles. The van der Waals surface area contributed by atoms with Crippen LogP contribution in [0.1, 0.15) is 23.5 Å². The van der Waals surface area contributed by atoms with E-state index in [4.69, 9.17) is 11.6 Å². The smallest absolute Gasteiger partial charge is 0.328 e. The van der Waals surface area contributed by atoms with Gasteiger partial charge in [0.25, 0.3) is 0 Å². The lowest BCUT2D eigenvalue weighted by Crippen LogP contribution is -2.16. The maximum absolute atomic E-state index is 11.9. The molecule has 108 valence electrons. The van der Waals surface area contributed by atoms with Crippen molar-refractivity contribution in [3.63, 3.8) is 0 Å². The Morgan fingerprint density at radius 3 is 1.76 bits per heavy atom. The van der Waals surface area contributed by atoms with Gasteiger partial charge < -0.3 is 4.74 Å². The van der Waals surface area contributed by atoms with Gasteiger partial charge in [0.2, 0.25) is 0 Å². The van der Waals surface area contributed by atoms with Crippen molar-refractivity contribution in [1.29, 1.82) is 0 Å². The molecule has 2 rings (SSSR count). The highest BCUT2D eigenvalue weighted by molar-refractivity contribution is 6.27. The first-order valence-corrected chi connectivity index (χ1v) is 7.13. The molecule has 0 aliphatic heterocycles. The third kappa shape index (κ3) is 4.43. The first-order chi connectivity index (χ1) is 10.2. The Bertz CT molecular complexity index is 556. The van der Waals surface area contributed by atoms with Gasteiger partial charge >= 0.3 is 11.9 Å². The summed E-state index contributed by atoms with van der Waals surface area (Å²) in [6.07, 6.45) is 0.0939. The molecule has 0 amide bonds. The van der Waals surface area contributed by atoms with Crippen LogP contribution in [0.2, 0.25) is 0 Å². The summed E-state index contributed by atoms with van der Waals surface area (Å²) in [6, 6.07) is 19.3. The third-order valence-corrected chi connectivity index (χ3v) is 3.33. The molecule has 0 N–H and O–H groups in total.